The van der Waals surface area contributed by atoms with Crippen LogP contribution in [-0.2, 0) is 21.6 Å². The molecule has 2 rings (SSSR count). The summed E-state index contributed by atoms with van der Waals surface area (Å²) in [5.74, 6) is -0.169. The van der Waals surface area contributed by atoms with Gasteiger partial charge in [-0.05, 0) is 31.5 Å². The zero-order valence-corrected chi connectivity index (χ0v) is 13.3. The van der Waals surface area contributed by atoms with Crippen LogP contribution in [-0.4, -0.2) is 42.7 Å². The summed E-state index contributed by atoms with van der Waals surface area (Å²) in [5.41, 5.74) is 0.828. The number of ether oxygens (including phenoxy) is 1. The van der Waals surface area contributed by atoms with E-state index in [0.717, 1.165) is 17.7 Å². The van der Waals surface area contributed by atoms with Crippen LogP contribution in [0.5, 0.6) is 0 Å². The van der Waals surface area contributed by atoms with Gasteiger partial charge in [0, 0.05) is 18.5 Å². The number of aliphatic hydroxyl groups is 1. The van der Waals surface area contributed by atoms with Gasteiger partial charge in [0.25, 0.3) is 0 Å². The molecule has 0 radical (unpaired) electrons. The minimum absolute atomic E-state index is 0.109. The first kappa shape index (κ1) is 16.0. The van der Waals surface area contributed by atoms with Crippen molar-refractivity contribution >= 4 is 5.97 Å². The zero-order valence-electron chi connectivity index (χ0n) is 13.3. The fraction of sp³-hybridized carbons (Fsp3) is 0.588. The van der Waals surface area contributed by atoms with Crippen LogP contribution in [0, 0.1) is 5.92 Å². The van der Waals surface area contributed by atoms with Crippen molar-refractivity contribution in [2.45, 2.75) is 38.3 Å². The molecule has 1 aliphatic rings. The summed E-state index contributed by atoms with van der Waals surface area (Å²) in [6.07, 6.45) is 0.870. The minimum atomic E-state index is -0.892. The average molecular weight is 291 g/mol. The molecule has 0 spiro atoms. The summed E-state index contributed by atoms with van der Waals surface area (Å²) in [6.45, 7) is 5.03. The fourth-order valence-electron chi connectivity index (χ4n) is 3.27. The molecule has 1 N–H and O–H groups in total. The Morgan fingerprint density at radius 1 is 1.43 bits per heavy atom. The summed E-state index contributed by atoms with van der Waals surface area (Å²) in [5, 5.41) is 11.3. The lowest BCUT2D eigenvalue weighted by atomic mass is 9.73. The van der Waals surface area contributed by atoms with E-state index in [1.807, 2.05) is 24.3 Å². The summed E-state index contributed by atoms with van der Waals surface area (Å²) in [6, 6.07) is 7.96. The zero-order chi connectivity index (χ0) is 15.6. The summed E-state index contributed by atoms with van der Waals surface area (Å²) in [4.78, 5) is 13.9. The van der Waals surface area contributed by atoms with E-state index in [4.69, 9.17) is 4.74 Å². The van der Waals surface area contributed by atoms with Gasteiger partial charge in [0.05, 0.1) is 19.1 Å². The molecule has 4 nitrogen and oxygen atoms in total. The van der Waals surface area contributed by atoms with Crippen LogP contribution in [0.2, 0.25) is 0 Å². The lowest BCUT2D eigenvalue weighted by Gasteiger charge is -2.46. The monoisotopic (exact) mass is 291 g/mol. The molecule has 0 amide bonds. The van der Waals surface area contributed by atoms with Crippen molar-refractivity contribution in [1.82, 2.24) is 4.90 Å². The predicted molar refractivity (Wildman–Crippen MR) is 81.9 cm³/mol. The largest absolute Gasteiger partial charge is 0.469 e. The Hall–Kier alpha value is -1.39. The Kier molecular flexibility index (Phi) is 4.69. The first-order valence-electron chi connectivity index (χ1n) is 7.46. The molecule has 0 saturated carbocycles. The van der Waals surface area contributed by atoms with Gasteiger partial charge >= 0.3 is 5.97 Å². The highest BCUT2D eigenvalue weighted by Crippen LogP contribution is 2.40. The van der Waals surface area contributed by atoms with Gasteiger partial charge in [-0.2, -0.15) is 0 Å². The Morgan fingerprint density at radius 2 is 2.10 bits per heavy atom. The standard InChI is InChI=1S/C17H25NO3/c1-12-11-18(3)13(2)10-17(12,20)15-8-6-5-7-14(15)9-16(19)21-4/h5-8,12-13,20H,9-11H2,1-4H3. The van der Waals surface area contributed by atoms with Gasteiger partial charge in [0.2, 0.25) is 0 Å². The van der Waals surface area contributed by atoms with Crippen LogP contribution >= 0.6 is 0 Å². The van der Waals surface area contributed by atoms with E-state index in [2.05, 4.69) is 25.8 Å². The number of carbonyl (C=O) groups is 1. The van der Waals surface area contributed by atoms with E-state index < -0.39 is 5.60 Å². The third-order valence-electron chi connectivity index (χ3n) is 4.78. The smallest absolute Gasteiger partial charge is 0.309 e. The lowest BCUT2D eigenvalue weighted by molar-refractivity contribution is -0.139. The SMILES string of the molecule is COC(=O)Cc1ccccc1C1(O)CC(C)N(C)CC1C. The second kappa shape index (κ2) is 6.16. The molecule has 0 bridgehead atoms. The van der Waals surface area contributed by atoms with Crippen LogP contribution in [0.1, 0.15) is 31.4 Å². The summed E-state index contributed by atoms with van der Waals surface area (Å²) in [7, 11) is 3.47. The Balaban J connectivity index is 2.38. The molecule has 116 valence electrons. The Bertz CT molecular complexity index is 517. The van der Waals surface area contributed by atoms with E-state index in [1.54, 1.807) is 0 Å². The number of hydrogen-bond donors (Lipinski definition) is 1. The molecule has 1 heterocycles. The number of hydrogen-bond acceptors (Lipinski definition) is 4. The number of piperidine rings is 1. The highest BCUT2D eigenvalue weighted by Gasteiger charge is 2.43. The third kappa shape index (κ3) is 3.11. The predicted octanol–water partition coefficient (Wildman–Crippen LogP) is 1.95. The normalized spacial score (nSPS) is 30.1. The molecule has 0 aliphatic carbocycles. The van der Waals surface area contributed by atoms with Crippen molar-refractivity contribution in [3.63, 3.8) is 0 Å². The molecular formula is C17H25NO3. The van der Waals surface area contributed by atoms with Gasteiger partial charge in [-0.25, -0.2) is 0 Å². The van der Waals surface area contributed by atoms with E-state index >= 15 is 0 Å². The van der Waals surface area contributed by atoms with Crippen LogP contribution < -0.4 is 0 Å². The van der Waals surface area contributed by atoms with Gasteiger partial charge in [0.1, 0.15) is 0 Å². The second-order valence-electron chi connectivity index (χ2n) is 6.23. The average Bonchev–Trinajstić information content (AvgIpc) is 2.45. The number of benzene rings is 1. The van der Waals surface area contributed by atoms with Gasteiger partial charge in [-0.1, -0.05) is 31.2 Å². The first-order chi connectivity index (χ1) is 9.88. The van der Waals surface area contributed by atoms with Crippen molar-refractivity contribution < 1.29 is 14.6 Å². The van der Waals surface area contributed by atoms with Crippen molar-refractivity contribution in [3.05, 3.63) is 35.4 Å². The van der Waals surface area contributed by atoms with Crippen molar-refractivity contribution in [2.24, 2.45) is 5.92 Å². The molecule has 21 heavy (non-hydrogen) atoms. The second-order valence-corrected chi connectivity index (χ2v) is 6.23. The Labute approximate surface area is 126 Å². The molecular weight excluding hydrogens is 266 g/mol. The number of carbonyl (C=O) groups excluding carboxylic acids is 1. The third-order valence-corrected chi connectivity index (χ3v) is 4.78. The van der Waals surface area contributed by atoms with Gasteiger partial charge in [-0.15, -0.1) is 0 Å². The van der Waals surface area contributed by atoms with Gasteiger partial charge < -0.3 is 14.7 Å². The molecule has 1 fully saturated rings. The van der Waals surface area contributed by atoms with E-state index in [0.29, 0.717) is 12.5 Å². The Morgan fingerprint density at radius 3 is 2.76 bits per heavy atom. The molecule has 3 atom stereocenters. The van der Waals surface area contributed by atoms with Crippen LogP contribution in [0.3, 0.4) is 0 Å². The van der Waals surface area contributed by atoms with Crippen molar-refractivity contribution in [2.75, 3.05) is 20.7 Å². The number of esters is 1. The van der Waals surface area contributed by atoms with Crippen molar-refractivity contribution in [1.29, 1.82) is 0 Å². The van der Waals surface area contributed by atoms with Crippen molar-refractivity contribution in [3.8, 4) is 0 Å². The maximum absolute atomic E-state index is 11.6. The number of methoxy groups -OCH3 is 1. The van der Waals surface area contributed by atoms with E-state index in [9.17, 15) is 9.90 Å². The highest BCUT2D eigenvalue weighted by atomic mass is 16.5. The summed E-state index contributed by atoms with van der Waals surface area (Å²) >= 11 is 0. The molecule has 1 saturated heterocycles. The molecule has 3 unspecified atom stereocenters. The van der Waals surface area contributed by atoms with Gasteiger partial charge in [-0.3, -0.25) is 4.79 Å². The number of nitrogens with zero attached hydrogens (tertiary/aromatic N) is 1. The fourth-order valence-corrected chi connectivity index (χ4v) is 3.27. The maximum atomic E-state index is 11.6. The topological polar surface area (TPSA) is 49.8 Å². The highest BCUT2D eigenvalue weighted by molar-refractivity contribution is 5.73. The van der Waals surface area contributed by atoms with Crippen LogP contribution in [0.4, 0.5) is 0 Å². The number of rotatable bonds is 3. The number of likely N-dealkylation sites (tertiary alicyclic amines) is 1. The first-order valence-corrected chi connectivity index (χ1v) is 7.46. The minimum Gasteiger partial charge on any atom is -0.469 e. The lowest BCUT2D eigenvalue weighted by Crippen LogP contribution is -2.52. The molecule has 0 aromatic heterocycles. The van der Waals surface area contributed by atoms with Gasteiger partial charge in [0.15, 0.2) is 0 Å². The molecule has 4 heteroatoms. The van der Waals surface area contributed by atoms with Crippen LogP contribution in [0.15, 0.2) is 24.3 Å². The molecule has 1 aliphatic heterocycles. The van der Waals surface area contributed by atoms with Crippen LogP contribution in [0.25, 0.3) is 0 Å². The van der Waals surface area contributed by atoms with E-state index in [1.165, 1.54) is 7.11 Å². The quantitative estimate of drug-likeness (QED) is 0.865. The molecule has 1 aromatic rings. The molecule has 1 aromatic carbocycles. The summed E-state index contributed by atoms with van der Waals surface area (Å²) < 4.78 is 4.77. The maximum Gasteiger partial charge on any atom is 0.309 e. The van der Waals surface area contributed by atoms with E-state index in [-0.39, 0.29) is 18.3 Å².